The number of nitrogens with zero attached hydrogens (tertiary/aromatic N) is 5. The Morgan fingerprint density at radius 2 is 1.74 bits per heavy atom. The van der Waals surface area contributed by atoms with Gasteiger partial charge in [0.15, 0.2) is 16.9 Å². The molecule has 1 aromatic carbocycles. The van der Waals surface area contributed by atoms with Crippen molar-refractivity contribution in [3.8, 4) is 5.69 Å². The molecule has 0 aliphatic carbocycles. The van der Waals surface area contributed by atoms with E-state index < -0.39 is 11.2 Å². The molecule has 0 N–H and O–H groups in total. The molecule has 10 heteroatoms. The second kappa shape index (κ2) is 7.65. The summed E-state index contributed by atoms with van der Waals surface area (Å²) in [5.74, 6) is -0.214. The van der Waals surface area contributed by atoms with Gasteiger partial charge in [0.1, 0.15) is 0 Å². The van der Waals surface area contributed by atoms with Crippen LogP contribution in [0.15, 0.2) is 44.4 Å². The Bertz CT molecular complexity index is 1470. The van der Waals surface area contributed by atoms with Crippen molar-refractivity contribution in [1.82, 2.24) is 23.3 Å². The van der Waals surface area contributed by atoms with Crippen molar-refractivity contribution >= 4 is 44.5 Å². The van der Waals surface area contributed by atoms with E-state index in [1.54, 1.807) is 0 Å². The quantitative estimate of drug-likeness (QED) is 0.316. The normalized spacial score (nSPS) is 11.4. The SMILES string of the molecule is Cc1cc(C(=O)Cn2c(Cl)nc3c2c(=O)n(C)c(=O)n3C)c(C)n1-c1ccc(Br)cc1. The summed E-state index contributed by atoms with van der Waals surface area (Å²) >= 11 is 9.69. The number of ketones is 1. The zero-order chi connectivity index (χ0) is 22.6. The van der Waals surface area contributed by atoms with Crippen molar-refractivity contribution in [1.29, 1.82) is 0 Å². The lowest BCUT2D eigenvalue weighted by Crippen LogP contribution is -2.37. The highest BCUT2D eigenvalue weighted by atomic mass is 79.9. The zero-order valence-electron chi connectivity index (χ0n) is 17.3. The van der Waals surface area contributed by atoms with Gasteiger partial charge < -0.3 is 9.13 Å². The van der Waals surface area contributed by atoms with Crippen LogP contribution in [-0.4, -0.2) is 29.0 Å². The molecule has 160 valence electrons. The lowest BCUT2D eigenvalue weighted by atomic mass is 10.1. The van der Waals surface area contributed by atoms with Crippen LogP contribution in [0.2, 0.25) is 5.28 Å². The fraction of sp³-hybridized carbons (Fsp3) is 0.238. The number of halogens is 2. The average Bonchev–Trinajstić information content (AvgIpc) is 3.22. The van der Waals surface area contributed by atoms with E-state index in [1.165, 1.54) is 23.2 Å². The highest BCUT2D eigenvalue weighted by molar-refractivity contribution is 9.10. The monoisotopic (exact) mass is 503 g/mol. The summed E-state index contributed by atoms with van der Waals surface area (Å²) in [6.45, 7) is 3.63. The Kier molecular flexibility index (Phi) is 5.26. The first-order valence-corrected chi connectivity index (χ1v) is 10.6. The topological polar surface area (TPSA) is 83.8 Å². The minimum Gasteiger partial charge on any atom is -0.318 e. The van der Waals surface area contributed by atoms with Crippen molar-refractivity contribution < 1.29 is 4.79 Å². The van der Waals surface area contributed by atoms with E-state index in [-0.39, 0.29) is 28.8 Å². The molecule has 0 aliphatic rings. The summed E-state index contributed by atoms with van der Waals surface area (Å²) in [6.07, 6.45) is 0. The number of aromatic nitrogens is 5. The number of imidazole rings is 1. The number of aryl methyl sites for hydroxylation is 2. The van der Waals surface area contributed by atoms with E-state index in [0.717, 1.165) is 26.1 Å². The van der Waals surface area contributed by atoms with E-state index in [2.05, 4.69) is 20.9 Å². The minimum atomic E-state index is -0.550. The van der Waals surface area contributed by atoms with Crippen molar-refractivity contribution in [3.63, 3.8) is 0 Å². The molecule has 3 heterocycles. The van der Waals surface area contributed by atoms with Gasteiger partial charge >= 0.3 is 5.69 Å². The lowest BCUT2D eigenvalue weighted by molar-refractivity contribution is 0.0972. The molecule has 4 rings (SSSR count). The molecule has 4 aromatic rings. The van der Waals surface area contributed by atoms with Crippen LogP contribution in [0.3, 0.4) is 0 Å². The third-order valence-corrected chi connectivity index (χ3v) is 6.24. The van der Waals surface area contributed by atoms with Gasteiger partial charge in [0.05, 0.1) is 6.54 Å². The van der Waals surface area contributed by atoms with Gasteiger partial charge in [0.25, 0.3) is 5.56 Å². The predicted octanol–water partition coefficient (Wildman–Crippen LogP) is 3.14. The van der Waals surface area contributed by atoms with Gasteiger partial charge in [-0.1, -0.05) is 15.9 Å². The average molecular weight is 505 g/mol. The third-order valence-electron chi connectivity index (χ3n) is 5.42. The number of hydrogen-bond acceptors (Lipinski definition) is 4. The maximum atomic E-state index is 13.2. The summed E-state index contributed by atoms with van der Waals surface area (Å²) < 4.78 is 6.53. The standard InChI is InChI=1S/C21H19BrClN5O3/c1-11-9-15(12(2)28(11)14-7-5-13(22)6-8-14)16(29)10-27-17-18(24-20(27)23)25(3)21(31)26(4)19(17)30/h5-9H,10H2,1-4H3. The molecule has 8 nitrogen and oxygen atoms in total. The minimum absolute atomic E-state index is 0.0247. The number of rotatable bonds is 4. The molecule has 0 amide bonds. The molecule has 0 spiro atoms. The molecule has 0 unspecified atom stereocenters. The molecule has 0 atom stereocenters. The van der Waals surface area contributed by atoms with Gasteiger partial charge in [-0.05, 0) is 55.8 Å². The van der Waals surface area contributed by atoms with Crippen molar-refractivity contribution in [3.05, 3.63) is 77.9 Å². The first-order chi connectivity index (χ1) is 14.6. The summed E-state index contributed by atoms with van der Waals surface area (Å²) in [6, 6.07) is 9.62. The third kappa shape index (κ3) is 3.37. The van der Waals surface area contributed by atoms with Crippen LogP contribution in [0, 0.1) is 13.8 Å². The number of benzene rings is 1. The number of fused-ring (bicyclic) bond motifs is 1. The fourth-order valence-corrected chi connectivity index (χ4v) is 4.31. The molecule has 0 saturated heterocycles. The smallest absolute Gasteiger partial charge is 0.318 e. The number of carbonyl (C=O) groups is 1. The van der Waals surface area contributed by atoms with Crippen LogP contribution >= 0.6 is 27.5 Å². The van der Waals surface area contributed by atoms with Crippen LogP contribution in [0.25, 0.3) is 16.9 Å². The van der Waals surface area contributed by atoms with Crippen LogP contribution in [0.5, 0.6) is 0 Å². The van der Waals surface area contributed by atoms with Crippen molar-refractivity contribution in [2.45, 2.75) is 20.4 Å². The van der Waals surface area contributed by atoms with Crippen LogP contribution in [0.1, 0.15) is 21.7 Å². The van der Waals surface area contributed by atoms with E-state index in [1.807, 2.05) is 48.7 Å². The Hall–Kier alpha value is -2.91. The molecular weight excluding hydrogens is 486 g/mol. The summed E-state index contributed by atoms with van der Waals surface area (Å²) in [5.41, 5.74) is 2.35. The largest absolute Gasteiger partial charge is 0.332 e. The molecule has 0 radical (unpaired) electrons. The molecule has 31 heavy (non-hydrogen) atoms. The number of carbonyl (C=O) groups excluding carboxylic acids is 1. The Morgan fingerprint density at radius 1 is 1.10 bits per heavy atom. The van der Waals surface area contributed by atoms with Crippen LogP contribution in [-0.2, 0) is 20.6 Å². The number of hydrogen-bond donors (Lipinski definition) is 0. The van der Waals surface area contributed by atoms with Crippen LogP contribution < -0.4 is 11.2 Å². The molecule has 0 fully saturated rings. The summed E-state index contributed by atoms with van der Waals surface area (Å²) in [5, 5.41) is -0.0247. The second-order valence-corrected chi connectivity index (χ2v) is 8.62. The summed E-state index contributed by atoms with van der Waals surface area (Å²) in [4.78, 5) is 42.2. The Morgan fingerprint density at radius 3 is 2.39 bits per heavy atom. The molecular formula is C21H19BrClN5O3. The van der Waals surface area contributed by atoms with E-state index in [0.29, 0.717) is 5.56 Å². The van der Waals surface area contributed by atoms with Gasteiger partial charge in [-0.3, -0.25) is 18.7 Å². The molecule has 0 bridgehead atoms. The van der Waals surface area contributed by atoms with Gasteiger partial charge in [-0.25, -0.2) is 4.79 Å². The first-order valence-electron chi connectivity index (χ1n) is 9.41. The summed E-state index contributed by atoms with van der Waals surface area (Å²) in [7, 11) is 2.88. The first kappa shape index (κ1) is 21.3. The highest BCUT2D eigenvalue weighted by Gasteiger charge is 2.22. The fourth-order valence-electron chi connectivity index (χ4n) is 3.83. The van der Waals surface area contributed by atoms with E-state index >= 15 is 0 Å². The highest BCUT2D eigenvalue weighted by Crippen LogP contribution is 2.24. The van der Waals surface area contributed by atoms with Crippen LogP contribution in [0.4, 0.5) is 0 Å². The van der Waals surface area contributed by atoms with Crippen molar-refractivity contribution in [2.75, 3.05) is 0 Å². The molecule has 3 aromatic heterocycles. The maximum absolute atomic E-state index is 13.2. The van der Waals surface area contributed by atoms with Crippen molar-refractivity contribution in [2.24, 2.45) is 14.1 Å². The van der Waals surface area contributed by atoms with Gasteiger partial charge in [-0.2, -0.15) is 4.98 Å². The Labute approximate surface area is 190 Å². The van der Waals surface area contributed by atoms with E-state index in [9.17, 15) is 14.4 Å². The molecule has 0 aliphatic heterocycles. The Balaban J connectivity index is 1.80. The van der Waals surface area contributed by atoms with Gasteiger partial charge in [0.2, 0.25) is 5.28 Å². The second-order valence-electron chi connectivity index (χ2n) is 7.36. The maximum Gasteiger partial charge on any atom is 0.332 e. The predicted molar refractivity (Wildman–Crippen MR) is 122 cm³/mol. The van der Waals surface area contributed by atoms with Gasteiger partial charge in [-0.15, -0.1) is 0 Å². The lowest BCUT2D eigenvalue weighted by Gasteiger charge is -2.10. The van der Waals surface area contributed by atoms with E-state index in [4.69, 9.17) is 11.6 Å². The molecule has 0 saturated carbocycles. The van der Waals surface area contributed by atoms with Gasteiger partial charge in [0, 0.05) is 41.2 Å². The zero-order valence-corrected chi connectivity index (χ0v) is 19.7. The number of Topliss-reactive ketones (excluding diaryl/α,β-unsaturated/α-hetero) is 1.